The fourth-order valence-electron chi connectivity index (χ4n) is 1.34. The van der Waals surface area contributed by atoms with Crippen LogP contribution in [0, 0.1) is 0 Å². The summed E-state index contributed by atoms with van der Waals surface area (Å²) >= 11 is 0. The molecule has 0 heterocycles. The molecule has 86 valence electrons. The fraction of sp³-hybridized carbons (Fsp3) is 0.273. The van der Waals surface area contributed by atoms with Gasteiger partial charge in [0.2, 0.25) is 5.91 Å². The summed E-state index contributed by atoms with van der Waals surface area (Å²) in [5.74, 6) is -0.381. The van der Waals surface area contributed by atoms with Crippen molar-refractivity contribution in [3.05, 3.63) is 35.9 Å². The van der Waals surface area contributed by atoms with Gasteiger partial charge in [0.1, 0.15) is 6.04 Å². The molecule has 1 rings (SSSR count). The number of likely N-dealkylation sites (N-methyl/N-ethyl adjacent to an activating group) is 1. The molecule has 0 aliphatic heterocycles. The second kappa shape index (κ2) is 5.87. The molecule has 0 saturated heterocycles. The van der Waals surface area contributed by atoms with E-state index in [1.165, 1.54) is 7.05 Å². The molecule has 3 N–H and O–H groups in total. The molecule has 0 saturated carbocycles. The van der Waals surface area contributed by atoms with Gasteiger partial charge in [-0.25, -0.2) is 4.79 Å². The molecular weight excluding hydrogens is 206 g/mol. The van der Waals surface area contributed by atoms with Crippen LogP contribution in [0.5, 0.6) is 0 Å². The molecule has 0 bridgehead atoms. The molecule has 1 atom stereocenters. The Bertz CT molecular complexity index is 365. The molecule has 1 aromatic carbocycles. The third-order valence-electron chi connectivity index (χ3n) is 2.15. The van der Waals surface area contributed by atoms with Gasteiger partial charge in [0.25, 0.3) is 0 Å². The summed E-state index contributed by atoms with van der Waals surface area (Å²) in [6.07, 6.45) is 0. The average molecular weight is 221 g/mol. The van der Waals surface area contributed by atoms with Crippen LogP contribution in [-0.4, -0.2) is 26.0 Å². The third kappa shape index (κ3) is 3.06. The minimum absolute atomic E-state index is 0.381. The number of imide groups is 1. The lowest BCUT2D eigenvalue weighted by Gasteiger charge is -2.15. The van der Waals surface area contributed by atoms with Crippen LogP contribution in [0.1, 0.15) is 11.6 Å². The Morgan fingerprint density at radius 2 is 1.75 bits per heavy atom. The fourth-order valence-corrected chi connectivity index (χ4v) is 1.34. The van der Waals surface area contributed by atoms with Gasteiger partial charge in [-0.05, 0) is 12.6 Å². The summed E-state index contributed by atoms with van der Waals surface area (Å²) < 4.78 is 0. The molecule has 5 heteroatoms. The summed E-state index contributed by atoms with van der Waals surface area (Å²) in [7, 11) is 3.13. The highest BCUT2D eigenvalue weighted by atomic mass is 16.2. The van der Waals surface area contributed by atoms with E-state index >= 15 is 0 Å². The van der Waals surface area contributed by atoms with Gasteiger partial charge in [-0.3, -0.25) is 10.1 Å². The molecule has 16 heavy (non-hydrogen) atoms. The van der Waals surface area contributed by atoms with Crippen molar-refractivity contribution >= 4 is 11.9 Å². The first-order valence-corrected chi connectivity index (χ1v) is 4.93. The van der Waals surface area contributed by atoms with E-state index in [0.29, 0.717) is 0 Å². The van der Waals surface area contributed by atoms with Crippen LogP contribution < -0.4 is 16.0 Å². The smallest absolute Gasteiger partial charge is 0.321 e. The molecular formula is C11H15N3O2. The van der Waals surface area contributed by atoms with Crippen molar-refractivity contribution in [2.75, 3.05) is 14.1 Å². The van der Waals surface area contributed by atoms with E-state index in [-0.39, 0.29) is 5.91 Å². The van der Waals surface area contributed by atoms with E-state index in [4.69, 9.17) is 0 Å². The van der Waals surface area contributed by atoms with E-state index in [1.54, 1.807) is 7.05 Å². The van der Waals surface area contributed by atoms with Crippen LogP contribution in [0.2, 0.25) is 0 Å². The van der Waals surface area contributed by atoms with Crippen molar-refractivity contribution in [3.8, 4) is 0 Å². The van der Waals surface area contributed by atoms with Gasteiger partial charge in [-0.15, -0.1) is 0 Å². The van der Waals surface area contributed by atoms with Crippen LogP contribution in [0.25, 0.3) is 0 Å². The summed E-state index contributed by atoms with van der Waals surface area (Å²) in [6.45, 7) is 0. The maximum absolute atomic E-state index is 11.7. The van der Waals surface area contributed by atoms with Crippen molar-refractivity contribution < 1.29 is 9.59 Å². The summed E-state index contributed by atoms with van der Waals surface area (Å²) in [5, 5.41) is 7.41. The molecule has 0 fully saturated rings. The zero-order chi connectivity index (χ0) is 12.0. The van der Waals surface area contributed by atoms with Gasteiger partial charge in [0, 0.05) is 7.05 Å². The van der Waals surface area contributed by atoms with Gasteiger partial charge in [-0.1, -0.05) is 30.3 Å². The highest BCUT2D eigenvalue weighted by Gasteiger charge is 2.19. The SMILES string of the molecule is CNC(=O)NC(=O)[C@@H](NC)c1ccccc1. The minimum Gasteiger partial charge on any atom is -0.341 e. The summed E-state index contributed by atoms with van der Waals surface area (Å²) in [5.41, 5.74) is 0.811. The normalized spacial score (nSPS) is 11.6. The number of benzene rings is 1. The van der Waals surface area contributed by atoms with Crippen molar-refractivity contribution in [2.45, 2.75) is 6.04 Å². The molecule has 0 aliphatic carbocycles. The number of nitrogens with one attached hydrogen (secondary N) is 3. The van der Waals surface area contributed by atoms with Crippen molar-refractivity contribution in [3.63, 3.8) is 0 Å². The lowest BCUT2D eigenvalue weighted by Crippen LogP contribution is -2.43. The highest BCUT2D eigenvalue weighted by molar-refractivity contribution is 5.97. The molecule has 0 spiro atoms. The summed E-state index contributed by atoms with van der Waals surface area (Å²) in [4.78, 5) is 22.7. The average Bonchev–Trinajstić information content (AvgIpc) is 2.31. The first-order valence-electron chi connectivity index (χ1n) is 4.93. The molecule has 1 aromatic rings. The zero-order valence-corrected chi connectivity index (χ0v) is 9.28. The Labute approximate surface area is 94.2 Å². The van der Waals surface area contributed by atoms with Crippen LogP contribution in [0.3, 0.4) is 0 Å². The lowest BCUT2D eigenvalue weighted by atomic mass is 10.1. The van der Waals surface area contributed by atoms with Crippen molar-refractivity contribution in [1.82, 2.24) is 16.0 Å². The molecule has 0 aliphatic rings. The standard InChI is InChI=1S/C11H15N3O2/c1-12-9(8-6-4-3-5-7-8)10(15)14-11(16)13-2/h3-7,9,12H,1-2H3,(H2,13,14,15,16)/t9-/m0/s1. The topological polar surface area (TPSA) is 70.2 Å². The lowest BCUT2D eigenvalue weighted by molar-refractivity contribution is -0.122. The van der Waals surface area contributed by atoms with Gasteiger partial charge in [-0.2, -0.15) is 0 Å². The number of hydrogen-bond acceptors (Lipinski definition) is 3. The number of urea groups is 1. The number of carbonyl (C=O) groups excluding carboxylic acids is 2. The van der Waals surface area contributed by atoms with Crippen LogP contribution in [0.4, 0.5) is 4.79 Å². The largest absolute Gasteiger partial charge is 0.341 e. The zero-order valence-electron chi connectivity index (χ0n) is 9.28. The second-order valence-corrected chi connectivity index (χ2v) is 3.20. The molecule has 5 nitrogen and oxygen atoms in total. The molecule has 0 radical (unpaired) electrons. The predicted molar refractivity (Wildman–Crippen MR) is 60.8 cm³/mol. The highest BCUT2D eigenvalue weighted by Crippen LogP contribution is 2.11. The number of amides is 3. The van der Waals surface area contributed by atoms with E-state index in [9.17, 15) is 9.59 Å². The van der Waals surface area contributed by atoms with Crippen LogP contribution >= 0.6 is 0 Å². The third-order valence-corrected chi connectivity index (χ3v) is 2.15. The molecule has 3 amide bonds. The Morgan fingerprint density at radius 3 is 2.25 bits per heavy atom. The Balaban J connectivity index is 2.75. The van der Waals surface area contributed by atoms with E-state index in [0.717, 1.165) is 5.56 Å². The van der Waals surface area contributed by atoms with Crippen LogP contribution in [-0.2, 0) is 4.79 Å². The van der Waals surface area contributed by atoms with Crippen molar-refractivity contribution in [1.29, 1.82) is 0 Å². The van der Waals surface area contributed by atoms with Gasteiger partial charge < -0.3 is 10.6 Å². The maximum Gasteiger partial charge on any atom is 0.321 e. The van der Waals surface area contributed by atoms with Crippen molar-refractivity contribution in [2.24, 2.45) is 0 Å². The quantitative estimate of drug-likeness (QED) is 0.692. The monoisotopic (exact) mass is 221 g/mol. The Morgan fingerprint density at radius 1 is 1.12 bits per heavy atom. The van der Waals surface area contributed by atoms with E-state index < -0.39 is 12.1 Å². The molecule has 0 aromatic heterocycles. The van der Waals surface area contributed by atoms with Gasteiger partial charge in [0.15, 0.2) is 0 Å². The predicted octanol–water partition coefficient (Wildman–Crippen LogP) is 0.403. The number of carbonyl (C=O) groups is 2. The maximum atomic E-state index is 11.7. The number of hydrogen-bond donors (Lipinski definition) is 3. The summed E-state index contributed by atoms with van der Waals surface area (Å²) in [6, 6.07) is 8.15. The Kier molecular flexibility index (Phi) is 4.47. The second-order valence-electron chi connectivity index (χ2n) is 3.20. The minimum atomic E-state index is -0.529. The van der Waals surface area contributed by atoms with E-state index in [1.807, 2.05) is 30.3 Å². The first-order chi connectivity index (χ1) is 7.69. The number of rotatable bonds is 3. The van der Waals surface area contributed by atoms with Gasteiger partial charge in [0.05, 0.1) is 0 Å². The van der Waals surface area contributed by atoms with Gasteiger partial charge >= 0.3 is 6.03 Å². The Hall–Kier alpha value is -1.88. The van der Waals surface area contributed by atoms with E-state index in [2.05, 4.69) is 16.0 Å². The van der Waals surface area contributed by atoms with Crippen LogP contribution in [0.15, 0.2) is 30.3 Å². The first kappa shape index (κ1) is 12.2. The molecule has 0 unspecified atom stereocenters.